The first-order valence-electron chi connectivity index (χ1n) is 7.95. The molecule has 1 amide bonds. The van der Waals surface area contributed by atoms with Crippen LogP contribution in [0.25, 0.3) is 5.69 Å². The molecule has 130 valence electrons. The van der Waals surface area contributed by atoms with Gasteiger partial charge in [-0.25, -0.2) is 4.68 Å². The lowest BCUT2D eigenvalue weighted by Gasteiger charge is -2.05. The van der Waals surface area contributed by atoms with Gasteiger partial charge in [0.05, 0.1) is 22.6 Å². The van der Waals surface area contributed by atoms with Crippen molar-refractivity contribution in [3.05, 3.63) is 50.7 Å². The molecule has 2 heterocycles. The Kier molecular flexibility index (Phi) is 5.29. The number of aryl methyl sites for hydroxylation is 2. The van der Waals surface area contributed by atoms with Crippen LogP contribution in [0, 0.1) is 13.8 Å². The Balaban J connectivity index is 1.86. The van der Waals surface area contributed by atoms with Crippen LogP contribution in [0.3, 0.4) is 0 Å². The largest absolute Gasteiger partial charge is 0.296 e. The number of anilines is 1. The zero-order chi connectivity index (χ0) is 18.0. The number of hydrogen-bond acceptors (Lipinski definition) is 5. The second-order valence-electron chi connectivity index (χ2n) is 5.64. The second-order valence-corrected chi connectivity index (χ2v) is 7.62. The molecule has 0 unspecified atom stereocenters. The normalized spacial score (nSPS) is 10.9. The van der Waals surface area contributed by atoms with E-state index in [0.29, 0.717) is 16.4 Å². The van der Waals surface area contributed by atoms with E-state index in [4.69, 9.17) is 0 Å². The summed E-state index contributed by atoms with van der Waals surface area (Å²) in [5.74, 6) is -0.211. The quantitative estimate of drug-likeness (QED) is 0.668. The fourth-order valence-corrected chi connectivity index (χ4v) is 3.68. The lowest BCUT2D eigenvalue weighted by molar-refractivity contribution is 0.102. The van der Waals surface area contributed by atoms with Gasteiger partial charge in [-0.15, -0.1) is 10.2 Å². The Morgan fingerprint density at radius 3 is 2.64 bits per heavy atom. The lowest BCUT2D eigenvalue weighted by atomic mass is 10.2. The predicted molar refractivity (Wildman–Crippen MR) is 103 cm³/mol. The van der Waals surface area contributed by atoms with Crippen LogP contribution < -0.4 is 5.32 Å². The molecule has 8 heteroatoms. The van der Waals surface area contributed by atoms with Gasteiger partial charge in [-0.3, -0.25) is 10.1 Å². The maximum atomic E-state index is 12.7. The first-order valence-corrected chi connectivity index (χ1v) is 9.56. The second kappa shape index (κ2) is 7.45. The molecule has 0 fully saturated rings. The summed E-state index contributed by atoms with van der Waals surface area (Å²) in [6.07, 6.45) is 1.87. The number of nitrogens with zero attached hydrogens (tertiary/aromatic N) is 4. The van der Waals surface area contributed by atoms with E-state index in [1.165, 1.54) is 11.3 Å². The topological polar surface area (TPSA) is 72.7 Å². The molecule has 0 saturated carbocycles. The summed E-state index contributed by atoms with van der Waals surface area (Å²) >= 11 is 4.83. The maximum Gasteiger partial charge on any atom is 0.261 e. The summed E-state index contributed by atoms with van der Waals surface area (Å²) in [5.41, 5.74) is 2.94. The van der Waals surface area contributed by atoms with Gasteiger partial charge in [-0.1, -0.05) is 34.2 Å². The number of carbonyl (C=O) groups is 1. The Bertz CT molecular complexity index is 900. The molecular weight excluding hydrogens is 402 g/mol. The van der Waals surface area contributed by atoms with Crippen molar-refractivity contribution in [2.45, 2.75) is 33.6 Å². The number of nitrogens with one attached hydrogen (secondary N) is 1. The number of aromatic nitrogens is 4. The number of benzene rings is 1. The Morgan fingerprint density at radius 1 is 1.24 bits per heavy atom. The first-order chi connectivity index (χ1) is 12.0. The summed E-state index contributed by atoms with van der Waals surface area (Å²) in [6.45, 7) is 5.81. The van der Waals surface area contributed by atoms with Crippen molar-refractivity contribution in [1.82, 2.24) is 20.0 Å². The van der Waals surface area contributed by atoms with E-state index in [0.717, 1.165) is 33.7 Å². The molecule has 0 bridgehead atoms. The Labute approximate surface area is 158 Å². The summed E-state index contributed by atoms with van der Waals surface area (Å²) < 4.78 is 2.77. The average Bonchev–Trinajstić information content (AvgIpc) is 3.12. The van der Waals surface area contributed by atoms with Gasteiger partial charge >= 0.3 is 0 Å². The van der Waals surface area contributed by atoms with E-state index in [1.54, 1.807) is 4.68 Å². The first kappa shape index (κ1) is 17.8. The molecule has 0 radical (unpaired) electrons. The molecule has 1 N–H and O–H groups in total. The molecule has 25 heavy (non-hydrogen) atoms. The average molecular weight is 420 g/mol. The highest BCUT2D eigenvalue weighted by Gasteiger charge is 2.20. The fourth-order valence-electron chi connectivity index (χ4n) is 2.58. The number of hydrogen-bond donors (Lipinski definition) is 1. The summed E-state index contributed by atoms with van der Waals surface area (Å²) in [4.78, 5) is 12.7. The van der Waals surface area contributed by atoms with Crippen LogP contribution >= 0.6 is 27.3 Å². The lowest BCUT2D eigenvalue weighted by Crippen LogP contribution is -2.14. The number of rotatable bonds is 5. The monoisotopic (exact) mass is 419 g/mol. The van der Waals surface area contributed by atoms with Crippen molar-refractivity contribution in [2.75, 3.05) is 5.32 Å². The van der Waals surface area contributed by atoms with Crippen LogP contribution in [0.4, 0.5) is 5.13 Å². The molecular formula is C17H18BrN5OS. The van der Waals surface area contributed by atoms with Crippen molar-refractivity contribution in [2.24, 2.45) is 0 Å². The van der Waals surface area contributed by atoms with E-state index < -0.39 is 0 Å². The van der Waals surface area contributed by atoms with Gasteiger partial charge in [0.15, 0.2) is 0 Å². The third-order valence-electron chi connectivity index (χ3n) is 3.74. The van der Waals surface area contributed by atoms with Gasteiger partial charge in [-0.2, -0.15) is 5.10 Å². The highest BCUT2D eigenvalue weighted by Crippen LogP contribution is 2.22. The van der Waals surface area contributed by atoms with E-state index in [9.17, 15) is 4.79 Å². The highest BCUT2D eigenvalue weighted by atomic mass is 79.9. The predicted octanol–water partition coefficient (Wildman–Crippen LogP) is 4.31. The minimum absolute atomic E-state index is 0.211. The molecule has 3 rings (SSSR count). The Hall–Kier alpha value is -2.06. The molecule has 0 aliphatic heterocycles. The molecule has 0 aliphatic rings. The van der Waals surface area contributed by atoms with Crippen molar-refractivity contribution < 1.29 is 4.79 Å². The van der Waals surface area contributed by atoms with Crippen molar-refractivity contribution in [3.8, 4) is 5.69 Å². The molecule has 0 spiro atoms. The maximum absolute atomic E-state index is 12.7. The Morgan fingerprint density at radius 2 is 1.96 bits per heavy atom. The molecule has 2 aromatic heterocycles. The van der Waals surface area contributed by atoms with Gasteiger partial charge in [0.25, 0.3) is 5.91 Å². The van der Waals surface area contributed by atoms with Gasteiger partial charge in [-0.05, 0) is 44.5 Å². The number of halogens is 1. The summed E-state index contributed by atoms with van der Waals surface area (Å²) in [7, 11) is 0. The molecule has 0 aliphatic carbocycles. The zero-order valence-corrected chi connectivity index (χ0v) is 16.6. The minimum atomic E-state index is -0.211. The van der Waals surface area contributed by atoms with Crippen molar-refractivity contribution >= 4 is 38.3 Å². The summed E-state index contributed by atoms with van der Waals surface area (Å²) in [6, 6.07) is 7.80. The standard InChI is InChI=1S/C17H18BrN5OS/c1-4-5-14-20-21-17(25-14)19-16(24)15-10(2)22-23(11(15)3)13-8-6-12(18)7-9-13/h6-9H,4-5H2,1-3H3,(H,19,21,24). The highest BCUT2D eigenvalue weighted by molar-refractivity contribution is 9.10. The van der Waals surface area contributed by atoms with E-state index in [-0.39, 0.29) is 5.91 Å². The minimum Gasteiger partial charge on any atom is -0.296 e. The van der Waals surface area contributed by atoms with E-state index in [1.807, 2.05) is 38.1 Å². The third kappa shape index (κ3) is 3.80. The fraction of sp³-hybridized carbons (Fsp3) is 0.294. The van der Waals surface area contributed by atoms with Gasteiger partial charge in [0, 0.05) is 10.9 Å². The number of amides is 1. The van der Waals surface area contributed by atoms with Crippen LogP contribution in [0.15, 0.2) is 28.7 Å². The van der Waals surface area contributed by atoms with Crippen LogP contribution in [-0.4, -0.2) is 25.9 Å². The van der Waals surface area contributed by atoms with Crippen LogP contribution in [0.5, 0.6) is 0 Å². The SMILES string of the molecule is CCCc1nnc(NC(=O)c2c(C)nn(-c3ccc(Br)cc3)c2C)s1. The number of carbonyl (C=O) groups excluding carboxylic acids is 1. The van der Waals surface area contributed by atoms with Crippen LogP contribution in [0.1, 0.15) is 40.1 Å². The molecule has 0 saturated heterocycles. The van der Waals surface area contributed by atoms with Crippen LogP contribution in [-0.2, 0) is 6.42 Å². The van der Waals surface area contributed by atoms with Crippen LogP contribution in [0.2, 0.25) is 0 Å². The smallest absolute Gasteiger partial charge is 0.261 e. The summed E-state index contributed by atoms with van der Waals surface area (Å²) in [5, 5.41) is 16.9. The van der Waals surface area contributed by atoms with Gasteiger partial charge < -0.3 is 0 Å². The molecule has 3 aromatic rings. The zero-order valence-electron chi connectivity index (χ0n) is 14.2. The van der Waals surface area contributed by atoms with Crippen molar-refractivity contribution in [3.63, 3.8) is 0 Å². The van der Waals surface area contributed by atoms with E-state index >= 15 is 0 Å². The van der Waals surface area contributed by atoms with Gasteiger partial charge in [0.2, 0.25) is 5.13 Å². The third-order valence-corrected chi connectivity index (χ3v) is 5.17. The molecule has 0 atom stereocenters. The molecule has 1 aromatic carbocycles. The van der Waals surface area contributed by atoms with Gasteiger partial charge in [0.1, 0.15) is 5.01 Å². The van der Waals surface area contributed by atoms with Crippen molar-refractivity contribution in [1.29, 1.82) is 0 Å². The molecule has 6 nitrogen and oxygen atoms in total. The van der Waals surface area contributed by atoms with E-state index in [2.05, 4.69) is 43.5 Å².